The first-order valence-corrected chi connectivity index (χ1v) is 7.50. The van der Waals surface area contributed by atoms with Crippen molar-refractivity contribution in [1.82, 2.24) is 0 Å². The zero-order chi connectivity index (χ0) is 14.7. The van der Waals surface area contributed by atoms with Gasteiger partial charge in [0.1, 0.15) is 6.10 Å². The van der Waals surface area contributed by atoms with E-state index in [0.29, 0.717) is 0 Å². The summed E-state index contributed by atoms with van der Waals surface area (Å²) in [5, 5.41) is 20.3. The highest BCUT2D eigenvalue weighted by Gasteiger charge is 2.22. The minimum absolute atomic E-state index is 0.188. The van der Waals surface area contributed by atoms with Crippen LogP contribution in [0.2, 0.25) is 0 Å². The normalized spacial score (nSPS) is 17.7. The van der Waals surface area contributed by atoms with Crippen LogP contribution in [0.1, 0.15) is 30.1 Å². The maximum absolute atomic E-state index is 10.7. The second kappa shape index (κ2) is 6.29. The molecule has 2 aromatic rings. The molecule has 0 aliphatic carbocycles. The SMILES string of the molecule is OC1CCN(c2ccccc2C(O)c2ccccc2)CC1. The van der Waals surface area contributed by atoms with Crippen molar-refractivity contribution >= 4 is 5.69 Å². The molecule has 0 spiro atoms. The molecule has 1 unspecified atom stereocenters. The number of para-hydroxylation sites is 1. The third-order valence-electron chi connectivity index (χ3n) is 4.15. The Morgan fingerprint density at radius 3 is 2.24 bits per heavy atom. The Balaban J connectivity index is 1.89. The van der Waals surface area contributed by atoms with Crippen LogP contribution in [-0.2, 0) is 0 Å². The van der Waals surface area contributed by atoms with Crippen molar-refractivity contribution in [3.8, 4) is 0 Å². The Morgan fingerprint density at radius 1 is 0.905 bits per heavy atom. The molecule has 1 saturated heterocycles. The molecule has 1 heterocycles. The van der Waals surface area contributed by atoms with Crippen LogP contribution in [0.4, 0.5) is 5.69 Å². The molecule has 3 heteroatoms. The van der Waals surface area contributed by atoms with Gasteiger partial charge in [0.15, 0.2) is 0 Å². The molecule has 1 atom stereocenters. The molecule has 0 radical (unpaired) electrons. The van der Waals surface area contributed by atoms with E-state index < -0.39 is 6.10 Å². The zero-order valence-corrected chi connectivity index (χ0v) is 12.0. The number of anilines is 1. The van der Waals surface area contributed by atoms with Gasteiger partial charge in [-0.25, -0.2) is 0 Å². The number of rotatable bonds is 3. The number of aliphatic hydroxyl groups is 2. The number of piperidine rings is 1. The Hall–Kier alpha value is -1.84. The van der Waals surface area contributed by atoms with Crippen molar-refractivity contribution in [2.45, 2.75) is 25.0 Å². The van der Waals surface area contributed by atoms with Gasteiger partial charge in [0.2, 0.25) is 0 Å². The van der Waals surface area contributed by atoms with E-state index in [1.165, 1.54) is 0 Å². The highest BCUT2D eigenvalue weighted by atomic mass is 16.3. The third-order valence-corrected chi connectivity index (χ3v) is 4.15. The van der Waals surface area contributed by atoms with E-state index in [0.717, 1.165) is 42.7 Å². The van der Waals surface area contributed by atoms with Gasteiger partial charge in [0, 0.05) is 24.3 Å². The molecule has 0 saturated carbocycles. The molecule has 1 fully saturated rings. The van der Waals surface area contributed by atoms with Crippen LogP contribution in [0.3, 0.4) is 0 Å². The fraction of sp³-hybridized carbons (Fsp3) is 0.333. The van der Waals surface area contributed by atoms with E-state index in [2.05, 4.69) is 11.0 Å². The van der Waals surface area contributed by atoms with Gasteiger partial charge in [0.25, 0.3) is 0 Å². The van der Waals surface area contributed by atoms with E-state index in [1.807, 2.05) is 48.5 Å². The van der Waals surface area contributed by atoms with Crippen LogP contribution < -0.4 is 4.90 Å². The summed E-state index contributed by atoms with van der Waals surface area (Å²) in [5.74, 6) is 0. The van der Waals surface area contributed by atoms with Crippen molar-refractivity contribution in [3.05, 3.63) is 65.7 Å². The van der Waals surface area contributed by atoms with Crippen molar-refractivity contribution in [3.63, 3.8) is 0 Å². The number of nitrogens with zero attached hydrogens (tertiary/aromatic N) is 1. The lowest BCUT2D eigenvalue weighted by molar-refractivity contribution is 0.145. The van der Waals surface area contributed by atoms with E-state index in [9.17, 15) is 10.2 Å². The number of aliphatic hydroxyl groups excluding tert-OH is 2. The van der Waals surface area contributed by atoms with E-state index in [4.69, 9.17) is 0 Å². The molecule has 0 bridgehead atoms. The Morgan fingerprint density at radius 2 is 1.52 bits per heavy atom. The van der Waals surface area contributed by atoms with Crippen LogP contribution in [0, 0.1) is 0 Å². The lowest BCUT2D eigenvalue weighted by Gasteiger charge is -2.33. The van der Waals surface area contributed by atoms with Crippen molar-refractivity contribution in [2.24, 2.45) is 0 Å². The quantitative estimate of drug-likeness (QED) is 0.910. The molecule has 1 aliphatic rings. The molecular formula is C18H21NO2. The van der Waals surface area contributed by atoms with Crippen LogP contribution in [0.15, 0.2) is 54.6 Å². The van der Waals surface area contributed by atoms with Crippen molar-refractivity contribution in [1.29, 1.82) is 0 Å². The monoisotopic (exact) mass is 283 g/mol. The number of hydrogen-bond acceptors (Lipinski definition) is 3. The molecule has 3 rings (SSSR count). The second-order valence-corrected chi connectivity index (χ2v) is 5.59. The van der Waals surface area contributed by atoms with Gasteiger partial charge in [-0.3, -0.25) is 0 Å². The molecule has 2 aromatic carbocycles. The summed E-state index contributed by atoms with van der Waals surface area (Å²) >= 11 is 0. The number of hydrogen-bond donors (Lipinski definition) is 2. The summed E-state index contributed by atoms with van der Waals surface area (Å²) in [7, 11) is 0. The predicted octanol–water partition coefficient (Wildman–Crippen LogP) is 2.73. The topological polar surface area (TPSA) is 43.7 Å². The summed E-state index contributed by atoms with van der Waals surface area (Å²) in [6.45, 7) is 1.67. The first-order chi connectivity index (χ1) is 10.3. The molecule has 0 amide bonds. The number of benzene rings is 2. The lowest BCUT2D eigenvalue weighted by Crippen LogP contribution is -2.36. The average Bonchev–Trinajstić information content (AvgIpc) is 2.56. The van der Waals surface area contributed by atoms with Crippen LogP contribution in [0.25, 0.3) is 0 Å². The van der Waals surface area contributed by atoms with Gasteiger partial charge in [-0.15, -0.1) is 0 Å². The Labute approximate surface area is 125 Å². The van der Waals surface area contributed by atoms with Gasteiger partial charge >= 0.3 is 0 Å². The van der Waals surface area contributed by atoms with E-state index in [-0.39, 0.29) is 6.10 Å². The molecular weight excluding hydrogens is 262 g/mol. The first-order valence-electron chi connectivity index (χ1n) is 7.50. The van der Waals surface area contributed by atoms with E-state index >= 15 is 0 Å². The maximum Gasteiger partial charge on any atom is 0.106 e. The van der Waals surface area contributed by atoms with Crippen molar-refractivity contribution in [2.75, 3.05) is 18.0 Å². The summed E-state index contributed by atoms with van der Waals surface area (Å²) in [5.41, 5.74) is 2.91. The smallest absolute Gasteiger partial charge is 0.106 e. The van der Waals surface area contributed by atoms with Crippen molar-refractivity contribution < 1.29 is 10.2 Å². The highest BCUT2D eigenvalue weighted by molar-refractivity contribution is 5.56. The van der Waals surface area contributed by atoms with Gasteiger partial charge < -0.3 is 15.1 Å². The second-order valence-electron chi connectivity index (χ2n) is 5.59. The van der Waals surface area contributed by atoms with Gasteiger partial charge in [-0.1, -0.05) is 48.5 Å². The highest BCUT2D eigenvalue weighted by Crippen LogP contribution is 2.32. The summed E-state index contributed by atoms with van der Waals surface area (Å²) < 4.78 is 0. The summed E-state index contributed by atoms with van der Waals surface area (Å²) in [6.07, 6.45) is 0.771. The van der Waals surface area contributed by atoms with Gasteiger partial charge in [0.05, 0.1) is 6.10 Å². The summed E-state index contributed by atoms with van der Waals surface area (Å²) in [4.78, 5) is 2.26. The fourth-order valence-electron chi connectivity index (χ4n) is 2.93. The van der Waals surface area contributed by atoms with E-state index in [1.54, 1.807) is 0 Å². The lowest BCUT2D eigenvalue weighted by atomic mass is 9.98. The molecule has 1 aliphatic heterocycles. The minimum Gasteiger partial charge on any atom is -0.393 e. The van der Waals surface area contributed by atoms with Crippen LogP contribution in [-0.4, -0.2) is 29.4 Å². The minimum atomic E-state index is -0.616. The molecule has 3 nitrogen and oxygen atoms in total. The van der Waals surface area contributed by atoms with Gasteiger partial charge in [-0.05, 0) is 24.5 Å². The molecule has 0 aromatic heterocycles. The Bertz CT molecular complexity index is 577. The Kier molecular flexibility index (Phi) is 4.23. The zero-order valence-electron chi connectivity index (χ0n) is 12.0. The predicted molar refractivity (Wildman–Crippen MR) is 84.4 cm³/mol. The van der Waals surface area contributed by atoms with Gasteiger partial charge in [-0.2, -0.15) is 0 Å². The largest absolute Gasteiger partial charge is 0.393 e. The molecule has 110 valence electrons. The van der Waals surface area contributed by atoms with Crippen LogP contribution in [0.5, 0.6) is 0 Å². The summed E-state index contributed by atoms with van der Waals surface area (Å²) in [6, 6.07) is 17.7. The van der Waals surface area contributed by atoms with Crippen LogP contribution >= 0.6 is 0 Å². The maximum atomic E-state index is 10.7. The fourth-order valence-corrected chi connectivity index (χ4v) is 2.93. The standard InChI is InChI=1S/C18H21NO2/c20-15-10-12-19(13-11-15)17-9-5-4-8-16(17)18(21)14-6-2-1-3-7-14/h1-9,15,18,20-21H,10-13H2. The average molecular weight is 283 g/mol. The molecule has 21 heavy (non-hydrogen) atoms. The third kappa shape index (κ3) is 3.09. The molecule has 2 N–H and O–H groups in total. The first kappa shape index (κ1) is 14.1.